The molecule has 0 saturated carbocycles. The summed E-state index contributed by atoms with van der Waals surface area (Å²) in [7, 11) is 0. The van der Waals surface area contributed by atoms with Crippen molar-refractivity contribution in [2.45, 2.75) is 19.4 Å². The lowest BCUT2D eigenvalue weighted by atomic mass is 10.2. The predicted octanol–water partition coefficient (Wildman–Crippen LogP) is 0.00270. The molecule has 76 valence electrons. The van der Waals surface area contributed by atoms with E-state index in [4.69, 9.17) is 5.11 Å². The molecule has 0 aliphatic rings. The van der Waals surface area contributed by atoms with Crippen molar-refractivity contribution in [3.63, 3.8) is 0 Å². The molecule has 0 bridgehead atoms. The molecule has 0 aliphatic heterocycles. The molecule has 6 heteroatoms. The summed E-state index contributed by atoms with van der Waals surface area (Å²) in [4.78, 5) is 27.9. The first-order valence-electron chi connectivity index (χ1n) is 4.10. The topological polar surface area (TPSA) is 95.1 Å². The van der Waals surface area contributed by atoms with Crippen LogP contribution in [0.25, 0.3) is 0 Å². The van der Waals surface area contributed by atoms with Crippen LogP contribution in [0, 0.1) is 0 Å². The van der Waals surface area contributed by atoms with Crippen LogP contribution in [0.1, 0.15) is 23.8 Å². The Bertz CT molecular complexity index is 321. The standard InChI is InChI=1S/C8H11N3O3/c1-5(2-7(12)13)11-8(14)6-3-9-4-10-6/h3-5H,2H2,1H3,(H,9,10)(H,11,14)(H,12,13). The third-order valence-electron chi connectivity index (χ3n) is 1.60. The summed E-state index contributed by atoms with van der Waals surface area (Å²) in [5.74, 6) is -1.29. The predicted molar refractivity (Wildman–Crippen MR) is 47.8 cm³/mol. The average molecular weight is 197 g/mol. The van der Waals surface area contributed by atoms with Gasteiger partial charge in [0, 0.05) is 6.04 Å². The molecule has 0 saturated heterocycles. The monoisotopic (exact) mass is 197 g/mol. The molecule has 3 N–H and O–H groups in total. The number of H-pyrrole nitrogens is 1. The molecule has 0 aliphatic carbocycles. The Hall–Kier alpha value is -1.85. The molecule has 0 radical (unpaired) electrons. The lowest BCUT2D eigenvalue weighted by molar-refractivity contribution is -0.137. The van der Waals surface area contributed by atoms with Crippen molar-refractivity contribution in [3.05, 3.63) is 18.2 Å². The first-order valence-corrected chi connectivity index (χ1v) is 4.10. The molecular weight excluding hydrogens is 186 g/mol. The maximum atomic E-state index is 11.3. The number of carboxylic acid groups (broad SMARTS) is 1. The number of amides is 1. The van der Waals surface area contributed by atoms with Crippen molar-refractivity contribution >= 4 is 11.9 Å². The Kier molecular flexibility index (Phi) is 3.22. The first kappa shape index (κ1) is 10.2. The molecule has 14 heavy (non-hydrogen) atoms. The summed E-state index contributed by atoms with van der Waals surface area (Å²) in [6.45, 7) is 1.63. The maximum absolute atomic E-state index is 11.3. The van der Waals surface area contributed by atoms with Crippen LogP contribution in [0.2, 0.25) is 0 Å². The zero-order valence-electron chi connectivity index (χ0n) is 7.65. The Morgan fingerprint density at radius 3 is 2.93 bits per heavy atom. The third kappa shape index (κ3) is 2.89. The lowest BCUT2D eigenvalue weighted by Gasteiger charge is -2.09. The van der Waals surface area contributed by atoms with Crippen LogP contribution in [-0.2, 0) is 4.79 Å². The summed E-state index contributed by atoms with van der Waals surface area (Å²) in [6, 6.07) is -0.400. The summed E-state index contributed by atoms with van der Waals surface area (Å²) in [5, 5.41) is 11.0. The zero-order chi connectivity index (χ0) is 10.6. The van der Waals surface area contributed by atoms with Crippen molar-refractivity contribution in [2.24, 2.45) is 0 Å². The van der Waals surface area contributed by atoms with Gasteiger partial charge in [-0.2, -0.15) is 0 Å². The summed E-state index contributed by atoms with van der Waals surface area (Å²) >= 11 is 0. The fourth-order valence-electron chi connectivity index (χ4n) is 0.995. The molecule has 1 unspecified atom stereocenters. The number of hydrogen-bond donors (Lipinski definition) is 3. The number of aliphatic carboxylic acids is 1. The van der Waals surface area contributed by atoms with Gasteiger partial charge in [-0.3, -0.25) is 9.59 Å². The highest BCUT2D eigenvalue weighted by molar-refractivity contribution is 5.92. The van der Waals surface area contributed by atoms with Gasteiger partial charge in [-0.25, -0.2) is 4.98 Å². The Morgan fingerprint density at radius 1 is 1.71 bits per heavy atom. The molecule has 1 atom stereocenters. The molecule has 0 aromatic carbocycles. The number of aromatic amines is 1. The van der Waals surface area contributed by atoms with Crippen LogP contribution in [0.5, 0.6) is 0 Å². The maximum Gasteiger partial charge on any atom is 0.305 e. The molecule has 1 amide bonds. The van der Waals surface area contributed by atoms with E-state index in [1.165, 1.54) is 12.5 Å². The third-order valence-corrected chi connectivity index (χ3v) is 1.60. The molecule has 6 nitrogen and oxygen atoms in total. The van der Waals surface area contributed by atoms with Crippen LogP contribution in [-0.4, -0.2) is 33.0 Å². The van der Waals surface area contributed by atoms with Gasteiger partial charge in [-0.1, -0.05) is 0 Å². The largest absolute Gasteiger partial charge is 0.481 e. The number of imidazole rings is 1. The van der Waals surface area contributed by atoms with Crippen molar-refractivity contribution in [1.29, 1.82) is 0 Å². The highest BCUT2D eigenvalue weighted by atomic mass is 16.4. The van der Waals surface area contributed by atoms with Gasteiger partial charge in [0.1, 0.15) is 5.69 Å². The van der Waals surface area contributed by atoms with Gasteiger partial charge < -0.3 is 15.4 Å². The summed E-state index contributed by atoms with van der Waals surface area (Å²) in [6.07, 6.45) is 2.67. The minimum atomic E-state index is -0.942. The van der Waals surface area contributed by atoms with Gasteiger partial charge in [0.05, 0.1) is 18.9 Å². The van der Waals surface area contributed by atoms with Gasteiger partial charge in [0.15, 0.2) is 0 Å². The van der Waals surface area contributed by atoms with Crippen LogP contribution in [0.15, 0.2) is 12.5 Å². The van der Waals surface area contributed by atoms with Crippen molar-refractivity contribution in [1.82, 2.24) is 15.3 Å². The smallest absolute Gasteiger partial charge is 0.305 e. The highest BCUT2D eigenvalue weighted by Crippen LogP contribution is 1.95. The van der Waals surface area contributed by atoms with Gasteiger partial charge in [-0.05, 0) is 6.92 Å². The number of rotatable bonds is 4. The van der Waals surface area contributed by atoms with Crippen molar-refractivity contribution < 1.29 is 14.7 Å². The molecule has 0 spiro atoms. The molecule has 1 heterocycles. The summed E-state index contributed by atoms with van der Waals surface area (Å²) in [5.41, 5.74) is 0.322. The fourth-order valence-corrected chi connectivity index (χ4v) is 0.995. The number of carbonyl (C=O) groups excluding carboxylic acids is 1. The van der Waals surface area contributed by atoms with Gasteiger partial charge in [-0.15, -0.1) is 0 Å². The fraction of sp³-hybridized carbons (Fsp3) is 0.375. The number of hydrogen-bond acceptors (Lipinski definition) is 3. The number of carboxylic acids is 1. The Labute approximate surface area is 80.4 Å². The second-order valence-electron chi connectivity index (χ2n) is 2.94. The van der Waals surface area contributed by atoms with E-state index < -0.39 is 12.0 Å². The van der Waals surface area contributed by atoms with E-state index in [1.807, 2.05) is 0 Å². The van der Waals surface area contributed by atoms with E-state index in [9.17, 15) is 9.59 Å². The highest BCUT2D eigenvalue weighted by Gasteiger charge is 2.12. The summed E-state index contributed by atoms with van der Waals surface area (Å²) < 4.78 is 0. The van der Waals surface area contributed by atoms with Crippen LogP contribution < -0.4 is 5.32 Å². The minimum absolute atomic E-state index is 0.0973. The van der Waals surface area contributed by atoms with E-state index in [0.717, 1.165) is 0 Å². The average Bonchev–Trinajstić information content (AvgIpc) is 2.53. The van der Waals surface area contributed by atoms with E-state index in [-0.39, 0.29) is 12.3 Å². The van der Waals surface area contributed by atoms with Gasteiger partial charge in [0.2, 0.25) is 0 Å². The Morgan fingerprint density at radius 2 is 2.43 bits per heavy atom. The van der Waals surface area contributed by atoms with E-state index in [2.05, 4.69) is 15.3 Å². The number of nitrogens with one attached hydrogen (secondary N) is 2. The number of aromatic nitrogens is 2. The number of carbonyl (C=O) groups is 2. The number of nitrogens with zero attached hydrogens (tertiary/aromatic N) is 1. The Balaban J connectivity index is 2.45. The molecule has 0 fully saturated rings. The molecule has 1 aromatic heterocycles. The second-order valence-corrected chi connectivity index (χ2v) is 2.94. The van der Waals surface area contributed by atoms with E-state index in [1.54, 1.807) is 6.92 Å². The van der Waals surface area contributed by atoms with Crippen molar-refractivity contribution in [3.8, 4) is 0 Å². The normalized spacial score (nSPS) is 12.1. The van der Waals surface area contributed by atoms with Crippen molar-refractivity contribution in [2.75, 3.05) is 0 Å². The second kappa shape index (κ2) is 4.40. The van der Waals surface area contributed by atoms with Crippen LogP contribution in [0.3, 0.4) is 0 Å². The molecular formula is C8H11N3O3. The quantitative estimate of drug-likeness (QED) is 0.633. The molecule has 1 aromatic rings. The minimum Gasteiger partial charge on any atom is -0.481 e. The molecule has 1 rings (SSSR count). The van der Waals surface area contributed by atoms with E-state index in [0.29, 0.717) is 5.69 Å². The zero-order valence-corrected chi connectivity index (χ0v) is 7.65. The first-order chi connectivity index (χ1) is 6.59. The van der Waals surface area contributed by atoms with Crippen LogP contribution in [0.4, 0.5) is 0 Å². The SMILES string of the molecule is CC(CC(=O)O)NC(=O)c1cnc[nH]1. The van der Waals surface area contributed by atoms with E-state index >= 15 is 0 Å². The lowest BCUT2D eigenvalue weighted by Crippen LogP contribution is -2.34. The van der Waals surface area contributed by atoms with Gasteiger partial charge >= 0.3 is 5.97 Å². The van der Waals surface area contributed by atoms with Crippen LogP contribution >= 0.6 is 0 Å². The van der Waals surface area contributed by atoms with Gasteiger partial charge in [0.25, 0.3) is 5.91 Å².